The summed E-state index contributed by atoms with van der Waals surface area (Å²) in [5.74, 6) is -2.75. The first-order valence-electron chi connectivity index (χ1n) is 10.3. The Morgan fingerprint density at radius 2 is 1.44 bits per heavy atom. The van der Waals surface area contributed by atoms with Gasteiger partial charge >= 0.3 is 0 Å². The van der Waals surface area contributed by atoms with Crippen molar-refractivity contribution in [1.29, 1.82) is 0 Å². The van der Waals surface area contributed by atoms with Gasteiger partial charge in [0.1, 0.15) is 6.54 Å². The van der Waals surface area contributed by atoms with E-state index in [1.807, 2.05) is 12.2 Å². The Bertz CT molecular complexity index is 1130. The number of benzene rings is 2. The molecule has 4 atom stereocenters. The van der Waals surface area contributed by atoms with E-state index in [2.05, 4.69) is 15.9 Å². The van der Waals surface area contributed by atoms with Gasteiger partial charge in [-0.1, -0.05) is 51.8 Å². The Hall–Kier alpha value is -2.77. The van der Waals surface area contributed by atoms with E-state index in [1.54, 1.807) is 36.4 Å². The first-order valence-corrected chi connectivity index (χ1v) is 11.4. The topological polar surface area (TPSA) is 74.8 Å². The van der Waals surface area contributed by atoms with Gasteiger partial charge < -0.3 is 0 Å². The minimum absolute atomic E-state index is 0.00103. The average Bonchev–Trinajstić information content (AvgIpc) is 3.47. The van der Waals surface area contributed by atoms with Crippen LogP contribution >= 0.6 is 27.5 Å². The number of hydrogen-bond acceptors (Lipinski definition) is 4. The average molecular weight is 514 g/mol. The molecule has 8 heteroatoms. The molecule has 5 rings (SSSR count). The standard InChI is InChI=1S/C24H18BrClN2O4/c25-17-7-3-13(4-8-17)19(29)12-27(22(30)14-5-9-18(26)10-6-14)28-23(31)20-15-1-2-16(11-15)21(20)24(28)32/h1-10,15-16,20-21H,11-12H2/t15-,16-,20+,21+/m0/s1. The van der Waals surface area contributed by atoms with Crippen LogP contribution in [-0.2, 0) is 9.59 Å². The van der Waals surface area contributed by atoms with E-state index >= 15 is 0 Å². The molecule has 3 aliphatic rings. The number of hydrazine groups is 1. The van der Waals surface area contributed by atoms with Crippen molar-refractivity contribution in [2.24, 2.45) is 23.7 Å². The van der Waals surface area contributed by atoms with Crippen LogP contribution in [0.3, 0.4) is 0 Å². The van der Waals surface area contributed by atoms with E-state index in [4.69, 9.17) is 11.6 Å². The van der Waals surface area contributed by atoms with Crippen LogP contribution in [0.5, 0.6) is 0 Å². The number of ketones is 1. The molecular weight excluding hydrogens is 496 g/mol. The molecule has 6 nitrogen and oxygen atoms in total. The fraction of sp³-hybridized carbons (Fsp3) is 0.250. The van der Waals surface area contributed by atoms with Gasteiger partial charge in [-0.25, -0.2) is 5.01 Å². The summed E-state index contributed by atoms with van der Waals surface area (Å²) < 4.78 is 0.809. The Kier molecular flexibility index (Phi) is 5.26. The molecule has 3 amide bonds. The summed E-state index contributed by atoms with van der Waals surface area (Å²) in [6.45, 7) is -0.428. The van der Waals surface area contributed by atoms with Crippen LogP contribution in [0.4, 0.5) is 0 Å². The van der Waals surface area contributed by atoms with Gasteiger partial charge in [-0.05, 0) is 54.7 Å². The molecule has 2 aromatic rings. The van der Waals surface area contributed by atoms with Gasteiger partial charge in [-0.3, -0.25) is 19.2 Å². The summed E-state index contributed by atoms with van der Waals surface area (Å²) in [6.07, 6.45) is 4.75. The molecule has 162 valence electrons. The smallest absolute Gasteiger partial charge is 0.273 e. The number of rotatable bonds is 5. The normalized spacial score (nSPS) is 25.4. The van der Waals surface area contributed by atoms with Crippen LogP contribution in [0.1, 0.15) is 27.1 Å². The van der Waals surface area contributed by atoms with E-state index in [-0.39, 0.29) is 23.2 Å². The molecule has 2 aromatic carbocycles. The molecule has 1 aliphatic heterocycles. The summed E-state index contributed by atoms with van der Waals surface area (Å²) in [4.78, 5) is 53.1. The van der Waals surface area contributed by atoms with Crippen molar-refractivity contribution < 1.29 is 19.2 Å². The Morgan fingerprint density at radius 1 is 0.906 bits per heavy atom. The van der Waals surface area contributed by atoms with Gasteiger partial charge in [-0.15, -0.1) is 0 Å². The number of fused-ring (bicyclic) bond motifs is 5. The highest BCUT2D eigenvalue weighted by Crippen LogP contribution is 2.52. The van der Waals surface area contributed by atoms with Gasteiger partial charge in [0.15, 0.2) is 5.78 Å². The molecule has 0 radical (unpaired) electrons. The second-order valence-corrected chi connectivity index (χ2v) is 9.64. The fourth-order valence-electron chi connectivity index (χ4n) is 4.96. The van der Waals surface area contributed by atoms with Crippen LogP contribution in [0.25, 0.3) is 0 Å². The molecule has 1 saturated heterocycles. The van der Waals surface area contributed by atoms with Crippen LogP contribution in [0.15, 0.2) is 65.2 Å². The number of imide groups is 1. The summed E-state index contributed by atoms with van der Waals surface area (Å²) in [5.41, 5.74) is 0.611. The third-order valence-electron chi connectivity index (χ3n) is 6.47. The number of halogens is 2. The Balaban J connectivity index is 1.49. The highest BCUT2D eigenvalue weighted by Gasteiger charge is 2.61. The summed E-state index contributed by atoms with van der Waals surface area (Å²) >= 11 is 9.27. The molecule has 1 saturated carbocycles. The maximum atomic E-state index is 13.4. The molecule has 1 heterocycles. The number of amides is 3. The number of carbonyl (C=O) groups excluding carboxylic acids is 4. The monoisotopic (exact) mass is 512 g/mol. The number of nitrogens with zero attached hydrogens (tertiary/aromatic N) is 2. The quantitative estimate of drug-likeness (QED) is 0.342. The van der Waals surface area contributed by atoms with Crippen LogP contribution in [0, 0.1) is 23.7 Å². The predicted molar refractivity (Wildman–Crippen MR) is 121 cm³/mol. The molecule has 2 aliphatic carbocycles. The van der Waals surface area contributed by atoms with E-state index in [9.17, 15) is 19.2 Å². The van der Waals surface area contributed by atoms with Gasteiger partial charge in [-0.2, -0.15) is 5.01 Å². The van der Waals surface area contributed by atoms with Crippen molar-refractivity contribution in [3.63, 3.8) is 0 Å². The van der Waals surface area contributed by atoms with E-state index in [0.717, 1.165) is 20.9 Å². The van der Waals surface area contributed by atoms with Gasteiger partial charge in [0, 0.05) is 20.6 Å². The third-order valence-corrected chi connectivity index (χ3v) is 7.25. The molecule has 0 unspecified atom stereocenters. The summed E-state index contributed by atoms with van der Waals surface area (Å²) in [7, 11) is 0. The zero-order chi connectivity index (χ0) is 22.6. The van der Waals surface area contributed by atoms with E-state index in [1.165, 1.54) is 12.1 Å². The van der Waals surface area contributed by atoms with Crippen molar-refractivity contribution >= 4 is 51.0 Å². The summed E-state index contributed by atoms with van der Waals surface area (Å²) in [5, 5.41) is 2.36. The van der Waals surface area contributed by atoms with E-state index in [0.29, 0.717) is 10.6 Å². The summed E-state index contributed by atoms with van der Waals surface area (Å²) in [6, 6.07) is 12.8. The van der Waals surface area contributed by atoms with Gasteiger partial charge in [0.25, 0.3) is 17.7 Å². The minimum Gasteiger partial charge on any atom is -0.292 e. The SMILES string of the molecule is O=C(CN(C(=O)c1ccc(Cl)cc1)N1C(=O)[C@H]2[C@H](C1=O)[C@H]1C=C[C@H]2C1)c1ccc(Br)cc1. The maximum Gasteiger partial charge on any atom is 0.273 e. The lowest BCUT2D eigenvalue weighted by molar-refractivity contribution is -0.154. The van der Waals surface area contributed by atoms with Crippen LogP contribution in [0.2, 0.25) is 5.02 Å². The highest BCUT2D eigenvalue weighted by atomic mass is 79.9. The zero-order valence-electron chi connectivity index (χ0n) is 16.8. The number of carbonyl (C=O) groups is 4. The van der Waals surface area contributed by atoms with Crippen LogP contribution < -0.4 is 0 Å². The Morgan fingerprint density at radius 3 is 2.00 bits per heavy atom. The second-order valence-electron chi connectivity index (χ2n) is 8.29. The van der Waals surface area contributed by atoms with Gasteiger partial charge in [0.2, 0.25) is 0 Å². The lowest BCUT2D eigenvalue weighted by atomic mass is 9.85. The molecule has 2 bridgehead atoms. The van der Waals surface area contributed by atoms with Crippen molar-refractivity contribution in [2.45, 2.75) is 6.42 Å². The lowest BCUT2D eigenvalue weighted by Gasteiger charge is -2.30. The van der Waals surface area contributed by atoms with Crippen molar-refractivity contribution in [3.8, 4) is 0 Å². The third kappa shape index (κ3) is 3.40. The number of allylic oxidation sites excluding steroid dienone is 2. The Labute approximate surface area is 197 Å². The first kappa shape index (κ1) is 21.1. The number of hydrogen-bond donors (Lipinski definition) is 0. The zero-order valence-corrected chi connectivity index (χ0v) is 19.1. The van der Waals surface area contributed by atoms with Crippen molar-refractivity contribution in [2.75, 3.05) is 6.54 Å². The van der Waals surface area contributed by atoms with E-state index < -0.39 is 36.1 Å². The predicted octanol–water partition coefficient (Wildman–Crippen LogP) is 4.15. The maximum absolute atomic E-state index is 13.4. The molecular formula is C24H18BrClN2O4. The highest BCUT2D eigenvalue weighted by molar-refractivity contribution is 9.10. The molecule has 0 spiro atoms. The fourth-order valence-corrected chi connectivity index (χ4v) is 5.35. The largest absolute Gasteiger partial charge is 0.292 e. The lowest BCUT2D eigenvalue weighted by Crippen LogP contribution is -2.52. The molecule has 0 aromatic heterocycles. The first-order chi connectivity index (χ1) is 15.3. The van der Waals surface area contributed by atoms with Crippen LogP contribution in [-0.4, -0.2) is 40.1 Å². The van der Waals surface area contributed by atoms with Crippen molar-refractivity contribution in [1.82, 2.24) is 10.0 Å². The molecule has 0 N–H and O–H groups in total. The van der Waals surface area contributed by atoms with Gasteiger partial charge in [0.05, 0.1) is 11.8 Å². The minimum atomic E-state index is -0.603. The molecule has 2 fully saturated rings. The number of Topliss-reactive ketones (excluding diaryl/α,β-unsaturated/α-hetero) is 1. The van der Waals surface area contributed by atoms with Crippen molar-refractivity contribution in [3.05, 3.63) is 81.3 Å². The molecule has 32 heavy (non-hydrogen) atoms. The second kappa shape index (κ2) is 7.98.